The average molecular weight is 367 g/mol. The molecular formula is C17H22N2O3S2. The third-order valence-electron chi connectivity index (χ3n) is 3.54. The van der Waals surface area contributed by atoms with Crippen molar-refractivity contribution in [3.8, 4) is 0 Å². The Morgan fingerprint density at radius 1 is 1.12 bits per heavy atom. The minimum absolute atomic E-state index is 0.141. The summed E-state index contributed by atoms with van der Waals surface area (Å²) < 4.78 is 24.6. The lowest BCUT2D eigenvalue weighted by Gasteiger charge is -2.12. The van der Waals surface area contributed by atoms with E-state index in [4.69, 9.17) is 0 Å². The van der Waals surface area contributed by atoms with Gasteiger partial charge in [0.05, 0.1) is 11.1 Å². The number of amides is 1. The normalized spacial score (nSPS) is 11.5. The van der Waals surface area contributed by atoms with E-state index in [1.54, 1.807) is 6.07 Å². The summed E-state index contributed by atoms with van der Waals surface area (Å²) in [5.41, 5.74) is 4.09. The molecule has 5 nitrogen and oxygen atoms in total. The monoisotopic (exact) mass is 366 g/mol. The highest BCUT2D eigenvalue weighted by molar-refractivity contribution is 7.88. The smallest absolute Gasteiger partial charge is 0.265 e. The van der Waals surface area contributed by atoms with Crippen molar-refractivity contribution in [2.24, 2.45) is 0 Å². The molecule has 2 aromatic rings. The molecule has 0 saturated heterocycles. The van der Waals surface area contributed by atoms with Gasteiger partial charge in [0.1, 0.15) is 0 Å². The van der Waals surface area contributed by atoms with Gasteiger partial charge in [0.25, 0.3) is 5.91 Å². The van der Waals surface area contributed by atoms with Crippen LogP contribution in [0.15, 0.2) is 24.3 Å². The number of rotatable bonds is 6. The van der Waals surface area contributed by atoms with Crippen LogP contribution in [0.4, 0.5) is 5.69 Å². The van der Waals surface area contributed by atoms with E-state index < -0.39 is 10.0 Å². The van der Waals surface area contributed by atoms with Gasteiger partial charge in [-0.2, -0.15) is 0 Å². The largest absolute Gasteiger partial charge is 0.321 e. The topological polar surface area (TPSA) is 75.3 Å². The molecule has 24 heavy (non-hydrogen) atoms. The summed E-state index contributed by atoms with van der Waals surface area (Å²) in [6.45, 7) is 6.32. The van der Waals surface area contributed by atoms with Crippen molar-refractivity contribution in [2.45, 2.75) is 27.2 Å². The van der Waals surface area contributed by atoms with Gasteiger partial charge in [0, 0.05) is 17.1 Å². The highest BCUT2D eigenvalue weighted by atomic mass is 32.2. The van der Waals surface area contributed by atoms with Crippen molar-refractivity contribution >= 4 is 33.0 Å². The molecule has 130 valence electrons. The minimum Gasteiger partial charge on any atom is -0.321 e. The highest BCUT2D eigenvalue weighted by Gasteiger charge is 2.13. The first-order valence-electron chi connectivity index (χ1n) is 7.58. The predicted molar refractivity (Wildman–Crippen MR) is 99.5 cm³/mol. The molecule has 1 aromatic heterocycles. The maximum atomic E-state index is 12.4. The molecule has 2 rings (SSSR count). The van der Waals surface area contributed by atoms with Gasteiger partial charge in [0.2, 0.25) is 10.0 Å². The van der Waals surface area contributed by atoms with Crippen molar-refractivity contribution in [3.05, 3.63) is 50.7 Å². The number of anilines is 1. The summed E-state index contributed by atoms with van der Waals surface area (Å²) in [6.07, 6.45) is 1.69. The van der Waals surface area contributed by atoms with E-state index in [0.717, 1.165) is 27.9 Å². The van der Waals surface area contributed by atoms with Gasteiger partial charge in [-0.3, -0.25) is 4.79 Å². The van der Waals surface area contributed by atoms with E-state index in [1.807, 2.05) is 39.0 Å². The number of sulfonamides is 1. The van der Waals surface area contributed by atoms with Crippen molar-refractivity contribution in [1.82, 2.24) is 4.72 Å². The molecule has 0 fully saturated rings. The maximum Gasteiger partial charge on any atom is 0.265 e. The molecule has 7 heteroatoms. The van der Waals surface area contributed by atoms with Crippen LogP contribution in [0.1, 0.15) is 31.2 Å². The van der Waals surface area contributed by atoms with Crippen LogP contribution in [0.2, 0.25) is 0 Å². The Bertz CT molecular complexity index is 831. The molecule has 1 amide bonds. The first-order valence-corrected chi connectivity index (χ1v) is 10.3. The molecule has 0 bridgehead atoms. The minimum atomic E-state index is -3.18. The number of nitrogens with one attached hydrogen (secondary N) is 2. The average Bonchev–Trinajstić information content (AvgIpc) is 2.90. The van der Waals surface area contributed by atoms with Crippen LogP contribution >= 0.6 is 11.3 Å². The molecule has 0 aliphatic carbocycles. The van der Waals surface area contributed by atoms with Gasteiger partial charge in [-0.15, -0.1) is 11.3 Å². The molecule has 2 N–H and O–H groups in total. The summed E-state index contributed by atoms with van der Waals surface area (Å²) in [4.78, 5) is 14.0. The third-order valence-corrected chi connectivity index (χ3v) is 5.41. The molecular weight excluding hydrogens is 344 g/mol. The van der Waals surface area contributed by atoms with E-state index in [9.17, 15) is 13.2 Å². The number of carbonyl (C=O) groups excluding carboxylic acids is 1. The summed E-state index contributed by atoms with van der Waals surface area (Å²) in [5.74, 6) is -0.141. The van der Waals surface area contributed by atoms with Crippen LogP contribution in [0.25, 0.3) is 0 Å². The van der Waals surface area contributed by atoms with Crippen LogP contribution in [0.3, 0.4) is 0 Å². The van der Waals surface area contributed by atoms with Crippen LogP contribution in [-0.4, -0.2) is 27.1 Å². The summed E-state index contributed by atoms with van der Waals surface area (Å²) in [6, 6.07) is 7.71. The lowest BCUT2D eigenvalue weighted by atomic mass is 10.1. The zero-order valence-electron chi connectivity index (χ0n) is 14.3. The van der Waals surface area contributed by atoms with E-state index in [1.165, 1.54) is 16.9 Å². The molecule has 0 unspecified atom stereocenters. The van der Waals surface area contributed by atoms with E-state index in [0.29, 0.717) is 17.8 Å². The fraction of sp³-hybridized carbons (Fsp3) is 0.353. The molecule has 0 radical (unpaired) electrons. The van der Waals surface area contributed by atoms with Gasteiger partial charge in [-0.1, -0.05) is 17.7 Å². The van der Waals surface area contributed by atoms with Gasteiger partial charge >= 0.3 is 0 Å². The zero-order chi connectivity index (χ0) is 17.9. The fourth-order valence-corrected chi connectivity index (χ4v) is 3.92. The van der Waals surface area contributed by atoms with E-state index >= 15 is 0 Å². The van der Waals surface area contributed by atoms with E-state index in [-0.39, 0.29) is 5.91 Å². The first-order chi connectivity index (χ1) is 11.2. The van der Waals surface area contributed by atoms with Crippen LogP contribution in [-0.2, 0) is 16.4 Å². The summed E-state index contributed by atoms with van der Waals surface area (Å²) in [5, 5.41) is 2.98. The predicted octanol–water partition coefficient (Wildman–Crippen LogP) is 3.02. The second-order valence-corrected chi connectivity index (χ2v) is 8.91. The van der Waals surface area contributed by atoms with Crippen molar-refractivity contribution < 1.29 is 13.2 Å². The Labute approximate surface area is 147 Å². The molecule has 1 heterocycles. The number of thiophene rings is 1. The molecule has 0 spiro atoms. The molecule has 1 aromatic carbocycles. The van der Waals surface area contributed by atoms with Crippen LogP contribution < -0.4 is 10.0 Å². The molecule has 0 aliphatic rings. The first kappa shape index (κ1) is 18.6. The van der Waals surface area contributed by atoms with Gasteiger partial charge in [0.15, 0.2) is 0 Å². The van der Waals surface area contributed by atoms with Crippen molar-refractivity contribution in [2.75, 3.05) is 18.1 Å². The number of carbonyl (C=O) groups is 1. The van der Waals surface area contributed by atoms with Crippen LogP contribution in [0.5, 0.6) is 0 Å². The summed E-state index contributed by atoms with van der Waals surface area (Å²) in [7, 11) is -3.18. The Morgan fingerprint density at radius 3 is 2.33 bits per heavy atom. The standard InChI is InChI=1S/C17H22N2O3S2/c1-11-9-12(2)16(13(3)10-11)19-17(20)15-6-5-14(23-15)7-8-18-24(4,21)22/h5-6,9-10,18H,7-8H2,1-4H3,(H,19,20). The Morgan fingerprint density at radius 2 is 1.75 bits per heavy atom. The zero-order valence-corrected chi connectivity index (χ0v) is 15.9. The molecule has 0 aliphatic heterocycles. The molecule has 0 saturated carbocycles. The number of benzene rings is 1. The van der Waals surface area contributed by atoms with Gasteiger partial charge < -0.3 is 5.32 Å². The Kier molecular flexibility index (Phi) is 5.79. The lowest BCUT2D eigenvalue weighted by Crippen LogP contribution is -2.24. The highest BCUT2D eigenvalue weighted by Crippen LogP contribution is 2.24. The maximum absolute atomic E-state index is 12.4. The second kappa shape index (κ2) is 7.46. The van der Waals surface area contributed by atoms with Crippen molar-refractivity contribution in [1.29, 1.82) is 0 Å². The number of aryl methyl sites for hydroxylation is 3. The second-order valence-electron chi connectivity index (χ2n) is 5.91. The quantitative estimate of drug-likeness (QED) is 0.825. The molecule has 0 atom stereocenters. The van der Waals surface area contributed by atoms with Crippen molar-refractivity contribution in [3.63, 3.8) is 0 Å². The van der Waals surface area contributed by atoms with Gasteiger partial charge in [-0.05, 0) is 50.5 Å². The third kappa shape index (κ3) is 5.15. The number of hydrogen-bond donors (Lipinski definition) is 2. The van der Waals surface area contributed by atoms with Gasteiger partial charge in [-0.25, -0.2) is 13.1 Å². The SMILES string of the molecule is Cc1cc(C)c(NC(=O)c2ccc(CCNS(C)(=O)=O)s2)c(C)c1. The fourth-order valence-electron chi connectivity index (χ4n) is 2.55. The summed E-state index contributed by atoms with van der Waals surface area (Å²) >= 11 is 1.38. The van der Waals surface area contributed by atoms with E-state index in [2.05, 4.69) is 10.0 Å². The van der Waals surface area contributed by atoms with Crippen LogP contribution in [0, 0.1) is 20.8 Å². The number of hydrogen-bond acceptors (Lipinski definition) is 4. The Hall–Kier alpha value is -1.70. The lowest BCUT2D eigenvalue weighted by molar-refractivity contribution is 0.103. The Balaban J connectivity index is 2.04.